The van der Waals surface area contributed by atoms with Gasteiger partial charge in [0.25, 0.3) is 0 Å². The molecule has 0 bridgehead atoms. The number of rotatable bonds is 4. The molecule has 1 saturated heterocycles. The molecule has 6 heteroatoms. The fourth-order valence-corrected chi connectivity index (χ4v) is 4.24. The summed E-state index contributed by atoms with van der Waals surface area (Å²) in [6.45, 7) is 5.73. The van der Waals surface area contributed by atoms with Crippen molar-refractivity contribution in [3.8, 4) is 0 Å². The van der Waals surface area contributed by atoms with Gasteiger partial charge in [-0.25, -0.2) is 9.97 Å². The number of carbonyl (C=O) groups excluding carboxylic acids is 1. The molecule has 1 atom stereocenters. The number of carbonyl (C=O) groups is 1. The van der Waals surface area contributed by atoms with Crippen molar-refractivity contribution in [2.24, 2.45) is 0 Å². The van der Waals surface area contributed by atoms with E-state index in [-0.39, 0.29) is 11.8 Å². The number of benzene rings is 1. The molecule has 2 aromatic heterocycles. The summed E-state index contributed by atoms with van der Waals surface area (Å²) in [6.07, 6.45) is 2.36. The number of piperidine rings is 1. The molecule has 136 valence electrons. The van der Waals surface area contributed by atoms with Gasteiger partial charge in [-0.3, -0.25) is 4.79 Å². The zero-order chi connectivity index (χ0) is 18.1. The monoisotopic (exact) mass is 369 g/mol. The van der Waals surface area contributed by atoms with Gasteiger partial charge in [0.2, 0.25) is 5.91 Å². The van der Waals surface area contributed by atoms with Crippen LogP contribution < -0.4 is 0 Å². The maximum atomic E-state index is 12.7. The first-order valence-electron chi connectivity index (χ1n) is 9.17. The third kappa shape index (κ3) is 3.51. The summed E-state index contributed by atoms with van der Waals surface area (Å²) in [5.41, 5.74) is 2.58. The summed E-state index contributed by atoms with van der Waals surface area (Å²) < 4.78 is 5.92. The average Bonchev–Trinajstić information content (AvgIpc) is 3.28. The quantitative estimate of drug-likeness (QED) is 0.686. The van der Waals surface area contributed by atoms with E-state index >= 15 is 0 Å². The summed E-state index contributed by atoms with van der Waals surface area (Å²) in [5.74, 6) is 1.47. The molecule has 0 aliphatic carbocycles. The number of amides is 1. The van der Waals surface area contributed by atoms with E-state index in [0.717, 1.165) is 47.1 Å². The fraction of sp³-hybridized carbons (Fsp3) is 0.450. The molecule has 1 aromatic carbocycles. The Balaban J connectivity index is 1.44. The summed E-state index contributed by atoms with van der Waals surface area (Å²) in [7, 11) is 0. The van der Waals surface area contributed by atoms with E-state index in [0.29, 0.717) is 18.9 Å². The van der Waals surface area contributed by atoms with Crippen molar-refractivity contribution < 1.29 is 9.21 Å². The second kappa shape index (κ2) is 7.19. The van der Waals surface area contributed by atoms with Crippen LogP contribution >= 0.6 is 11.3 Å². The van der Waals surface area contributed by atoms with Gasteiger partial charge in [0.1, 0.15) is 5.52 Å². The number of nitrogens with zero attached hydrogens (tertiary/aromatic N) is 3. The molecule has 5 nitrogen and oxygen atoms in total. The molecule has 0 radical (unpaired) electrons. The molecule has 4 rings (SSSR count). The summed E-state index contributed by atoms with van der Waals surface area (Å²) in [6, 6.07) is 7.81. The number of fused-ring (bicyclic) bond motifs is 1. The van der Waals surface area contributed by atoms with E-state index in [4.69, 9.17) is 4.42 Å². The van der Waals surface area contributed by atoms with Crippen LogP contribution in [0.2, 0.25) is 0 Å². The average molecular weight is 369 g/mol. The van der Waals surface area contributed by atoms with Crippen molar-refractivity contribution in [3.63, 3.8) is 0 Å². The van der Waals surface area contributed by atoms with Crippen molar-refractivity contribution in [3.05, 3.63) is 46.2 Å². The normalized spacial score (nSPS) is 18.0. The first-order valence-corrected chi connectivity index (χ1v) is 10.1. The maximum Gasteiger partial charge on any atom is 0.228 e. The van der Waals surface area contributed by atoms with Crippen molar-refractivity contribution in [2.45, 2.75) is 44.9 Å². The van der Waals surface area contributed by atoms with Crippen molar-refractivity contribution >= 4 is 28.3 Å². The first-order chi connectivity index (χ1) is 12.6. The number of hydrogen-bond acceptors (Lipinski definition) is 5. The minimum absolute atomic E-state index is 0.145. The number of oxazole rings is 1. The molecule has 1 amide bonds. The lowest BCUT2D eigenvalue weighted by Gasteiger charge is -2.31. The van der Waals surface area contributed by atoms with E-state index in [1.807, 2.05) is 34.5 Å². The van der Waals surface area contributed by atoms with Crippen LogP contribution in [0.25, 0.3) is 11.1 Å². The van der Waals surface area contributed by atoms with Gasteiger partial charge < -0.3 is 9.32 Å². The minimum Gasteiger partial charge on any atom is -0.440 e. The van der Waals surface area contributed by atoms with Gasteiger partial charge in [-0.15, -0.1) is 11.3 Å². The van der Waals surface area contributed by atoms with Crippen LogP contribution in [0.3, 0.4) is 0 Å². The van der Waals surface area contributed by atoms with E-state index in [1.54, 1.807) is 11.3 Å². The zero-order valence-electron chi connectivity index (χ0n) is 15.1. The van der Waals surface area contributed by atoms with E-state index < -0.39 is 0 Å². The molecule has 0 N–H and O–H groups in total. The third-order valence-corrected chi connectivity index (χ3v) is 6.02. The van der Waals surface area contributed by atoms with Gasteiger partial charge in [0.15, 0.2) is 11.5 Å². The maximum absolute atomic E-state index is 12.7. The van der Waals surface area contributed by atoms with E-state index in [9.17, 15) is 4.79 Å². The lowest BCUT2D eigenvalue weighted by Crippen LogP contribution is -2.40. The number of aromatic nitrogens is 2. The van der Waals surface area contributed by atoms with Gasteiger partial charge in [0, 0.05) is 24.4 Å². The van der Waals surface area contributed by atoms with Crippen LogP contribution in [0.4, 0.5) is 0 Å². The van der Waals surface area contributed by atoms with Crippen LogP contribution in [0.5, 0.6) is 0 Å². The van der Waals surface area contributed by atoms with Gasteiger partial charge in [-0.05, 0) is 25.0 Å². The predicted molar refractivity (Wildman–Crippen MR) is 102 cm³/mol. The molecule has 1 aliphatic rings. The molecule has 3 heterocycles. The van der Waals surface area contributed by atoms with Gasteiger partial charge in [-0.2, -0.15) is 0 Å². The SMILES string of the molecule is CC(C)c1nc(CC(=O)N2CCC[C@H](c3nc4ccccc4o3)C2)cs1. The summed E-state index contributed by atoms with van der Waals surface area (Å²) in [5, 5.41) is 3.10. The van der Waals surface area contributed by atoms with E-state index in [1.165, 1.54) is 0 Å². The first kappa shape index (κ1) is 17.2. The highest BCUT2D eigenvalue weighted by atomic mass is 32.1. The predicted octanol–water partition coefficient (Wildman–Crippen LogP) is 4.36. The largest absolute Gasteiger partial charge is 0.440 e. The Morgan fingerprint density at radius 2 is 2.19 bits per heavy atom. The van der Waals surface area contributed by atoms with Crippen LogP contribution in [-0.4, -0.2) is 33.9 Å². The second-order valence-corrected chi connectivity index (χ2v) is 8.10. The highest BCUT2D eigenvalue weighted by Gasteiger charge is 2.28. The molecular weight excluding hydrogens is 346 g/mol. The Bertz CT molecular complexity index is 882. The lowest BCUT2D eigenvalue weighted by atomic mass is 9.97. The molecule has 1 aliphatic heterocycles. The third-order valence-electron chi connectivity index (χ3n) is 4.83. The minimum atomic E-state index is 0.145. The number of hydrogen-bond donors (Lipinski definition) is 0. The lowest BCUT2D eigenvalue weighted by molar-refractivity contribution is -0.131. The second-order valence-electron chi connectivity index (χ2n) is 7.21. The molecule has 3 aromatic rings. The Labute approximate surface area is 157 Å². The topological polar surface area (TPSA) is 59.2 Å². The highest BCUT2D eigenvalue weighted by Crippen LogP contribution is 2.29. The fourth-order valence-electron chi connectivity index (χ4n) is 3.41. The van der Waals surface area contributed by atoms with Gasteiger partial charge >= 0.3 is 0 Å². The standard InChI is InChI=1S/C20H23N3O2S/c1-13(2)20-21-15(12-26-20)10-18(24)23-9-5-6-14(11-23)19-22-16-7-3-4-8-17(16)25-19/h3-4,7-8,12-14H,5-6,9-11H2,1-2H3/t14-/m0/s1. The smallest absolute Gasteiger partial charge is 0.228 e. The Morgan fingerprint density at radius 3 is 2.96 bits per heavy atom. The number of likely N-dealkylation sites (tertiary alicyclic amines) is 1. The van der Waals surface area contributed by atoms with Gasteiger partial charge in [-0.1, -0.05) is 26.0 Å². The molecule has 26 heavy (non-hydrogen) atoms. The molecule has 0 saturated carbocycles. The van der Waals surface area contributed by atoms with Gasteiger partial charge in [0.05, 0.1) is 23.0 Å². The number of para-hydroxylation sites is 2. The Hall–Kier alpha value is -2.21. The van der Waals surface area contributed by atoms with Crippen molar-refractivity contribution in [1.82, 2.24) is 14.9 Å². The van der Waals surface area contributed by atoms with Crippen molar-refractivity contribution in [1.29, 1.82) is 0 Å². The zero-order valence-corrected chi connectivity index (χ0v) is 16.0. The number of thiazole rings is 1. The molecular formula is C20H23N3O2S. The summed E-state index contributed by atoms with van der Waals surface area (Å²) in [4.78, 5) is 23.9. The van der Waals surface area contributed by atoms with Crippen LogP contribution in [-0.2, 0) is 11.2 Å². The Kier molecular flexibility index (Phi) is 4.76. The van der Waals surface area contributed by atoms with Crippen molar-refractivity contribution in [2.75, 3.05) is 13.1 Å². The Morgan fingerprint density at radius 1 is 1.35 bits per heavy atom. The van der Waals surface area contributed by atoms with E-state index in [2.05, 4.69) is 23.8 Å². The summed E-state index contributed by atoms with van der Waals surface area (Å²) >= 11 is 1.64. The van der Waals surface area contributed by atoms with Crippen LogP contribution in [0.1, 0.15) is 55.1 Å². The molecule has 0 unspecified atom stereocenters. The molecule has 0 spiro atoms. The molecule has 1 fully saturated rings. The van der Waals surface area contributed by atoms with Crippen LogP contribution in [0, 0.1) is 0 Å². The van der Waals surface area contributed by atoms with Crippen LogP contribution in [0.15, 0.2) is 34.1 Å². The highest BCUT2D eigenvalue weighted by molar-refractivity contribution is 7.09.